The quantitative estimate of drug-likeness (QED) is 0.651. The molecule has 2 rings (SSSR count). The molecule has 0 atom stereocenters. The predicted octanol–water partition coefficient (Wildman–Crippen LogP) is 4.18. The van der Waals surface area contributed by atoms with Gasteiger partial charge in [0.1, 0.15) is 0 Å². The number of para-hydroxylation sites is 1. The fourth-order valence-electron chi connectivity index (χ4n) is 1.73. The van der Waals surface area contributed by atoms with Crippen LogP contribution in [-0.2, 0) is 6.42 Å². The number of aryl methyl sites for hydroxylation is 1. The second-order valence-electron chi connectivity index (χ2n) is 3.87. The summed E-state index contributed by atoms with van der Waals surface area (Å²) in [6, 6.07) is 14.3. The lowest BCUT2D eigenvalue weighted by Crippen LogP contribution is -1.97. The molecular formula is C14H15IN2. The summed E-state index contributed by atoms with van der Waals surface area (Å²) in [7, 11) is 0. The molecule has 0 fully saturated rings. The van der Waals surface area contributed by atoms with Gasteiger partial charge in [0.25, 0.3) is 0 Å². The van der Waals surface area contributed by atoms with Crippen LogP contribution in [-0.4, -0.2) is 0 Å². The molecule has 2 aromatic rings. The number of nitrogens with two attached hydrogens (primary N) is 1. The van der Waals surface area contributed by atoms with Gasteiger partial charge in [-0.05, 0) is 58.8 Å². The number of halogens is 1. The first-order valence-electron chi connectivity index (χ1n) is 5.60. The maximum absolute atomic E-state index is 5.74. The van der Waals surface area contributed by atoms with E-state index >= 15 is 0 Å². The van der Waals surface area contributed by atoms with E-state index in [4.69, 9.17) is 5.73 Å². The molecule has 88 valence electrons. The molecule has 0 aromatic heterocycles. The van der Waals surface area contributed by atoms with Crippen molar-refractivity contribution in [3.63, 3.8) is 0 Å². The molecule has 0 unspecified atom stereocenters. The lowest BCUT2D eigenvalue weighted by atomic mass is 10.1. The van der Waals surface area contributed by atoms with E-state index in [-0.39, 0.29) is 0 Å². The first-order chi connectivity index (χ1) is 8.20. The highest BCUT2D eigenvalue weighted by Gasteiger charge is 2.03. The van der Waals surface area contributed by atoms with E-state index in [1.807, 2.05) is 24.3 Å². The molecule has 0 bridgehead atoms. The van der Waals surface area contributed by atoms with Crippen LogP contribution in [0.25, 0.3) is 0 Å². The van der Waals surface area contributed by atoms with E-state index in [0.29, 0.717) is 0 Å². The van der Waals surface area contributed by atoms with Crippen LogP contribution >= 0.6 is 22.6 Å². The number of nitrogens with one attached hydrogen (secondary N) is 1. The summed E-state index contributed by atoms with van der Waals surface area (Å²) >= 11 is 2.29. The van der Waals surface area contributed by atoms with Crippen LogP contribution in [0.2, 0.25) is 0 Å². The van der Waals surface area contributed by atoms with Crippen molar-refractivity contribution in [2.45, 2.75) is 13.3 Å². The van der Waals surface area contributed by atoms with Crippen molar-refractivity contribution in [3.05, 3.63) is 51.6 Å². The Hall–Kier alpha value is -1.23. The highest BCUT2D eigenvalue weighted by atomic mass is 127. The van der Waals surface area contributed by atoms with Gasteiger partial charge in [-0.1, -0.05) is 25.1 Å². The van der Waals surface area contributed by atoms with E-state index in [2.05, 4.69) is 53.0 Å². The van der Waals surface area contributed by atoms with Gasteiger partial charge in [0.05, 0.1) is 5.69 Å². The molecule has 17 heavy (non-hydrogen) atoms. The summed E-state index contributed by atoms with van der Waals surface area (Å²) in [6.45, 7) is 2.16. The third kappa shape index (κ3) is 2.91. The molecule has 0 amide bonds. The van der Waals surface area contributed by atoms with Crippen molar-refractivity contribution >= 4 is 39.7 Å². The van der Waals surface area contributed by atoms with Gasteiger partial charge >= 0.3 is 0 Å². The Labute approximate surface area is 115 Å². The third-order valence-corrected chi connectivity index (χ3v) is 3.55. The van der Waals surface area contributed by atoms with Crippen LogP contribution < -0.4 is 11.1 Å². The number of nitrogen functional groups attached to an aromatic ring is 1. The lowest BCUT2D eigenvalue weighted by molar-refractivity contribution is 1.14. The Morgan fingerprint density at radius 2 is 1.88 bits per heavy atom. The van der Waals surface area contributed by atoms with Crippen molar-refractivity contribution in [2.75, 3.05) is 11.1 Å². The summed E-state index contributed by atoms with van der Waals surface area (Å²) in [5, 5.41) is 3.46. The Balaban J connectivity index is 2.31. The van der Waals surface area contributed by atoms with Crippen molar-refractivity contribution < 1.29 is 0 Å². The Kier molecular flexibility index (Phi) is 3.89. The lowest BCUT2D eigenvalue weighted by Gasteiger charge is -2.12. The number of rotatable bonds is 3. The Bertz CT molecular complexity index is 523. The zero-order chi connectivity index (χ0) is 12.3. The molecule has 2 nitrogen and oxygen atoms in total. The molecule has 0 aliphatic heterocycles. The molecule has 2 aromatic carbocycles. The number of hydrogen-bond acceptors (Lipinski definition) is 2. The van der Waals surface area contributed by atoms with Crippen LogP contribution in [0.3, 0.4) is 0 Å². The smallest absolute Gasteiger partial charge is 0.0521 e. The van der Waals surface area contributed by atoms with Crippen molar-refractivity contribution in [2.24, 2.45) is 0 Å². The molecular weight excluding hydrogens is 323 g/mol. The van der Waals surface area contributed by atoms with Crippen molar-refractivity contribution in [1.29, 1.82) is 0 Å². The van der Waals surface area contributed by atoms with E-state index in [0.717, 1.165) is 27.1 Å². The second kappa shape index (κ2) is 5.40. The van der Waals surface area contributed by atoms with Gasteiger partial charge in [-0.3, -0.25) is 0 Å². The minimum absolute atomic E-state index is 0.795. The van der Waals surface area contributed by atoms with Crippen LogP contribution in [0.4, 0.5) is 17.1 Å². The van der Waals surface area contributed by atoms with E-state index in [9.17, 15) is 0 Å². The van der Waals surface area contributed by atoms with Gasteiger partial charge in [0.15, 0.2) is 0 Å². The van der Waals surface area contributed by atoms with Gasteiger partial charge in [-0.15, -0.1) is 0 Å². The van der Waals surface area contributed by atoms with E-state index < -0.39 is 0 Å². The zero-order valence-electron chi connectivity index (χ0n) is 9.70. The second-order valence-corrected chi connectivity index (χ2v) is 5.04. The molecule has 0 heterocycles. The minimum atomic E-state index is 0.795. The summed E-state index contributed by atoms with van der Waals surface area (Å²) in [5.74, 6) is 0. The first kappa shape index (κ1) is 12.2. The largest absolute Gasteiger partial charge is 0.399 e. The topological polar surface area (TPSA) is 38.0 Å². The summed E-state index contributed by atoms with van der Waals surface area (Å²) in [4.78, 5) is 0. The predicted molar refractivity (Wildman–Crippen MR) is 82.7 cm³/mol. The minimum Gasteiger partial charge on any atom is -0.399 e. The summed E-state index contributed by atoms with van der Waals surface area (Å²) in [6.07, 6.45) is 1.02. The van der Waals surface area contributed by atoms with Gasteiger partial charge in [0, 0.05) is 14.9 Å². The van der Waals surface area contributed by atoms with Crippen LogP contribution in [0, 0.1) is 3.57 Å². The molecule has 0 saturated carbocycles. The van der Waals surface area contributed by atoms with Gasteiger partial charge in [-0.2, -0.15) is 0 Å². The maximum atomic E-state index is 5.74. The summed E-state index contributed by atoms with van der Waals surface area (Å²) in [5.41, 5.74) is 10.1. The molecule has 3 heteroatoms. The van der Waals surface area contributed by atoms with E-state index in [1.54, 1.807) is 0 Å². The standard InChI is InChI=1S/C14H15IN2/c1-2-10-5-3-4-6-13(10)17-14-8-7-11(16)9-12(14)15/h3-9,17H,2,16H2,1H3. The SMILES string of the molecule is CCc1ccccc1Nc1ccc(N)cc1I. The van der Waals surface area contributed by atoms with Crippen LogP contribution in [0.1, 0.15) is 12.5 Å². The number of hydrogen-bond donors (Lipinski definition) is 2. The fourth-order valence-corrected chi connectivity index (χ4v) is 2.40. The molecule has 0 saturated heterocycles. The molecule has 3 N–H and O–H groups in total. The van der Waals surface area contributed by atoms with Crippen molar-refractivity contribution in [3.8, 4) is 0 Å². The van der Waals surface area contributed by atoms with Crippen LogP contribution in [0.5, 0.6) is 0 Å². The fraction of sp³-hybridized carbons (Fsp3) is 0.143. The Morgan fingerprint density at radius 1 is 1.12 bits per heavy atom. The zero-order valence-corrected chi connectivity index (χ0v) is 11.9. The molecule has 0 aliphatic carbocycles. The van der Waals surface area contributed by atoms with Gasteiger partial charge in [0.2, 0.25) is 0 Å². The maximum Gasteiger partial charge on any atom is 0.0521 e. The molecule has 0 spiro atoms. The third-order valence-electron chi connectivity index (χ3n) is 2.66. The highest BCUT2D eigenvalue weighted by Crippen LogP contribution is 2.26. The Morgan fingerprint density at radius 3 is 2.59 bits per heavy atom. The molecule has 0 aliphatic rings. The van der Waals surface area contributed by atoms with Gasteiger partial charge < -0.3 is 11.1 Å². The average Bonchev–Trinajstić information content (AvgIpc) is 2.33. The molecule has 0 radical (unpaired) electrons. The average molecular weight is 338 g/mol. The normalized spacial score (nSPS) is 10.2. The first-order valence-corrected chi connectivity index (χ1v) is 6.68. The number of anilines is 3. The van der Waals surface area contributed by atoms with Crippen molar-refractivity contribution in [1.82, 2.24) is 0 Å². The highest BCUT2D eigenvalue weighted by molar-refractivity contribution is 14.1. The van der Waals surface area contributed by atoms with E-state index in [1.165, 1.54) is 5.56 Å². The summed E-state index contributed by atoms with van der Waals surface area (Å²) < 4.78 is 1.13. The monoisotopic (exact) mass is 338 g/mol. The number of benzene rings is 2. The van der Waals surface area contributed by atoms with Crippen LogP contribution in [0.15, 0.2) is 42.5 Å². The van der Waals surface area contributed by atoms with Gasteiger partial charge in [-0.25, -0.2) is 0 Å².